The van der Waals surface area contributed by atoms with Crippen LogP contribution in [-0.4, -0.2) is 53.3 Å². The van der Waals surface area contributed by atoms with Gasteiger partial charge in [-0.15, -0.1) is 0 Å². The molecule has 0 radical (unpaired) electrons. The number of halogens is 2. The van der Waals surface area contributed by atoms with Crippen LogP contribution in [0.5, 0.6) is 0 Å². The number of imidazole rings is 1. The van der Waals surface area contributed by atoms with Gasteiger partial charge in [0.05, 0.1) is 29.8 Å². The first-order valence-corrected chi connectivity index (χ1v) is 9.86. The molecule has 3 heterocycles. The number of carbonyl (C=O) groups excluding carboxylic acids is 1. The fourth-order valence-electron chi connectivity index (χ4n) is 3.55. The Morgan fingerprint density at radius 1 is 1.20 bits per heavy atom. The van der Waals surface area contributed by atoms with Crippen molar-refractivity contribution in [2.75, 3.05) is 37.7 Å². The molecule has 9 heteroatoms. The van der Waals surface area contributed by atoms with Crippen molar-refractivity contribution in [1.82, 2.24) is 19.9 Å². The number of para-hydroxylation sites is 2. The van der Waals surface area contributed by atoms with Gasteiger partial charge >= 0.3 is 6.55 Å². The fourth-order valence-corrected chi connectivity index (χ4v) is 3.55. The highest BCUT2D eigenvalue weighted by atomic mass is 19.3. The van der Waals surface area contributed by atoms with E-state index in [0.29, 0.717) is 29.8 Å². The van der Waals surface area contributed by atoms with E-state index in [2.05, 4.69) is 20.2 Å². The molecule has 0 saturated carbocycles. The van der Waals surface area contributed by atoms with Crippen molar-refractivity contribution in [2.24, 2.45) is 0 Å². The smallest absolute Gasteiger partial charge is 0.320 e. The molecule has 1 N–H and O–H groups in total. The maximum absolute atomic E-state index is 13.6. The zero-order valence-electron chi connectivity index (χ0n) is 16.6. The number of amides is 1. The fraction of sp³-hybridized carbons (Fsp3) is 0.381. The molecule has 1 atom stereocenters. The number of anilines is 1. The number of hydrogen-bond acceptors (Lipinski definition) is 5. The van der Waals surface area contributed by atoms with E-state index < -0.39 is 12.5 Å². The second kappa shape index (κ2) is 8.74. The van der Waals surface area contributed by atoms with E-state index in [1.165, 1.54) is 6.20 Å². The second-order valence-corrected chi connectivity index (χ2v) is 7.22. The van der Waals surface area contributed by atoms with Crippen molar-refractivity contribution in [3.63, 3.8) is 0 Å². The van der Waals surface area contributed by atoms with Gasteiger partial charge in [-0.1, -0.05) is 19.1 Å². The van der Waals surface area contributed by atoms with Crippen LogP contribution in [0.25, 0.3) is 11.0 Å². The lowest BCUT2D eigenvalue weighted by atomic mass is 10.1. The molecule has 1 unspecified atom stereocenters. The lowest BCUT2D eigenvalue weighted by Gasteiger charge is -2.27. The van der Waals surface area contributed by atoms with Gasteiger partial charge in [0, 0.05) is 31.7 Å². The van der Waals surface area contributed by atoms with Crippen LogP contribution in [0.2, 0.25) is 0 Å². The number of hydrogen-bond donors (Lipinski definition) is 1. The molecule has 158 valence electrons. The first-order chi connectivity index (χ1) is 14.5. The Kier molecular flexibility index (Phi) is 5.89. The van der Waals surface area contributed by atoms with Crippen molar-refractivity contribution in [3.8, 4) is 0 Å². The monoisotopic (exact) mass is 415 g/mol. The third-order valence-corrected chi connectivity index (χ3v) is 5.17. The van der Waals surface area contributed by atoms with E-state index in [1.54, 1.807) is 43.3 Å². The summed E-state index contributed by atoms with van der Waals surface area (Å²) in [7, 11) is 0. The van der Waals surface area contributed by atoms with Crippen molar-refractivity contribution in [3.05, 3.63) is 54.0 Å². The number of alkyl halides is 2. The van der Waals surface area contributed by atoms with Crippen molar-refractivity contribution < 1.29 is 18.3 Å². The summed E-state index contributed by atoms with van der Waals surface area (Å²) in [5, 5.41) is 2.80. The van der Waals surface area contributed by atoms with E-state index in [-0.39, 0.29) is 18.3 Å². The number of rotatable bonds is 6. The van der Waals surface area contributed by atoms with Gasteiger partial charge in [0.25, 0.3) is 5.91 Å². The minimum Gasteiger partial charge on any atom is -0.378 e. The number of morpholine rings is 1. The van der Waals surface area contributed by atoms with Crippen LogP contribution in [-0.2, 0) is 4.74 Å². The van der Waals surface area contributed by atoms with Crippen LogP contribution in [0.4, 0.5) is 14.6 Å². The molecule has 2 aromatic heterocycles. The molecular formula is C21H23F2N5O2. The van der Waals surface area contributed by atoms with E-state index in [9.17, 15) is 13.6 Å². The number of nitrogens with one attached hydrogen (secondary N) is 1. The number of pyridine rings is 1. The third kappa shape index (κ3) is 4.11. The van der Waals surface area contributed by atoms with Crippen molar-refractivity contribution in [2.45, 2.75) is 19.4 Å². The lowest BCUT2D eigenvalue weighted by Crippen LogP contribution is -2.36. The number of carbonyl (C=O) groups is 1. The molecule has 0 aliphatic carbocycles. The predicted octanol–water partition coefficient (Wildman–Crippen LogP) is 3.20. The minimum atomic E-state index is -2.71. The number of benzene rings is 1. The summed E-state index contributed by atoms with van der Waals surface area (Å²) in [6.45, 7) is 2.08. The zero-order valence-corrected chi connectivity index (χ0v) is 16.6. The van der Waals surface area contributed by atoms with Gasteiger partial charge in [-0.05, 0) is 24.3 Å². The molecule has 1 aliphatic rings. The summed E-state index contributed by atoms with van der Waals surface area (Å²) in [5.41, 5.74) is 1.30. The molecular weight excluding hydrogens is 392 g/mol. The summed E-state index contributed by atoms with van der Waals surface area (Å²) < 4.78 is 33.5. The Labute approximate surface area is 172 Å². The highest BCUT2D eigenvalue weighted by Gasteiger charge is 2.22. The van der Waals surface area contributed by atoms with Crippen LogP contribution in [0.3, 0.4) is 0 Å². The van der Waals surface area contributed by atoms with Crippen LogP contribution in [0.15, 0.2) is 42.6 Å². The van der Waals surface area contributed by atoms with E-state index in [1.807, 2.05) is 0 Å². The number of fused-ring (bicyclic) bond motifs is 1. The van der Waals surface area contributed by atoms with Gasteiger partial charge in [-0.3, -0.25) is 9.36 Å². The molecule has 0 bridgehead atoms. The highest BCUT2D eigenvalue weighted by molar-refractivity contribution is 5.94. The lowest BCUT2D eigenvalue weighted by molar-refractivity contribution is 0.0704. The predicted molar refractivity (Wildman–Crippen MR) is 109 cm³/mol. The first kappa shape index (κ1) is 20.2. The summed E-state index contributed by atoms with van der Waals surface area (Å²) >= 11 is 0. The van der Waals surface area contributed by atoms with Crippen LogP contribution in [0, 0.1) is 0 Å². The molecule has 3 aromatic rings. The highest BCUT2D eigenvalue weighted by Crippen LogP contribution is 2.27. The Hall–Kier alpha value is -3.07. The molecule has 0 spiro atoms. The minimum absolute atomic E-state index is 0.181. The Balaban J connectivity index is 1.42. The van der Waals surface area contributed by atoms with E-state index in [0.717, 1.165) is 23.5 Å². The third-order valence-electron chi connectivity index (χ3n) is 5.17. The van der Waals surface area contributed by atoms with Gasteiger partial charge in [0.15, 0.2) is 0 Å². The molecule has 1 amide bonds. The van der Waals surface area contributed by atoms with Crippen LogP contribution < -0.4 is 10.2 Å². The Morgan fingerprint density at radius 2 is 1.97 bits per heavy atom. The Bertz CT molecular complexity index is 1020. The quantitative estimate of drug-likeness (QED) is 0.670. The summed E-state index contributed by atoms with van der Waals surface area (Å²) in [5.74, 6) is 0.347. The molecule has 1 fully saturated rings. The van der Waals surface area contributed by atoms with Gasteiger partial charge < -0.3 is 15.0 Å². The number of ether oxygens (including phenoxy) is 1. The summed E-state index contributed by atoms with van der Waals surface area (Å²) in [6, 6.07) is 10.3. The maximum Gasteiger partial charge on any atom is 0.320 e. The molecule has 1 aliphatic heterocycles. The van der Waals surface area contributed by atoms with Crippen molar-refractivity contribution >= 4 is 22.8 Å². The largest absolute Gasteiger partial charge is 0.378 e. The number of aromatic nitrogens is 3. The Morgan fingerprint density at radius 3 is 2.67 bits per heavy atom. The summed E-state index contributed by atoms with van der Waals surface area (Å²) in [6.07, 6.45) is 1.53. The van der Waals surface area contributed by atoms with Crippen LogP contribution >= 0.6 is 0 Å². The molecule has 30 heavy (non-hydrogen) atoms. The van der Waals surface area contributed by atoms with Gasteiger partial charge in [0.1, 0.15) is 11.6 Å². The maximum atomic E-state index is 13.6. The van der Waals surface area contributed by atoms with Gasteiger partial charge in [0.2, 0.25) is 0 Å². The normalized spacial score (nSPS) is 15.5. The molecule has 7 nitrogen and oxygen atoms in total. The van der Waals surface area contributed by atoms with E-state index in [4.69, 9.17) is 4.74 Å². The average molecular weight is 415 g/mol. The molecule has 1 aromatic carbocycles. The van der Waals surface area contributed by atoms with E-state index >= 15 is 0 Å². The molecule has 1 saturated heterocycles. The van der Waals surface area contributed by atoms with Gasteiger partial charge in [-0.2, -0.15) is 8.78 Å². The summed E-state index contributed by atoms with van der Waals surface area (Å²) in [4.78, 5) is 23.3. The molecule has 4 rings (SSSR count). The standard InChI is InChI=1S/C21H23F2N5O2/c1-14(19-26-16-4-2-3-5-17(16)28(19)21(22)23)12-25-20(29)15-6-7-18(24-13-15)27-8-10-30-11-9-27/h2-7,13-14,21H,8-12H2,1H3,(H,25,29). The first-order valence-electron chi connectivity index (χ1n) is 9.86. The second-order valence-electron chi connectivity index (χ2n) is 7.22. The average Bonchev–Trinajstić information content (AvgIpc) is 3.18. The number of nitrogens with zero attached hydrogens (tertiary/aromatic N) is 4. The SMILES string of the molecule is CC(CNC(=O)c1ccc(N2CCOCC2)nc1)c1nc2ccccc2n1C(F)F. The van der Waals surface area contributed by atoms with Gasteiger partial charge in [-0.25, -0.2) is 9.97 Å². The zero-order chi connectivity index (χ0) is 21.1. The van der Waals surface area contributed by atoms with Crippen molar-refractivity contribution in [1.29, 1.82) is 0 Å². The van der Waals surface area contributed by atoms with Crippen LogP contribution in [0.1, 0.15) is 35.6 Å². The topological polar surface area (TPSA) is 72.3 Å².